The summed E-state index contributed by atoms with van der Waals surface area (Å²) >= 11 is 0. The number of rotatable bonds is 16. The van der Waals surface area contributed by atoms with Crippen molar-refractivity contribution < 1.29 is 50.2 Å². The van der Waals surface area contributed by atoms with Gasteiger partial charge in [-0.05, 0) is 92.0 Å². The summed E-state index contributed by atoms with van der Waals surface area (Å²) in [6, 6.07) is 6.16. The topological polar surface area (TPSA) is 179 Å². The third kappa shape index (κ3) is 10.6. The van der Waals surface area contributed by atoms with Crippen molar-refractivity contribution in [1.29, 1.82) is 0 Å². The van der Waals surface area contributed by atoms with Gasteiger partial charge >= 0.3 is 6.09 Å². The van der Waals surface area contributed by atoms with Gasteiger partial charge in [-0.2, -0.15) is 8.78 Å². The molecule has 356 valence electrons. The van der Waals surface area contributed by atoms with Gasteiger partial charge in [0.05, 0.1) is 24.5 Å². The Kier molecular flexibility index (Phi) is 13.6. The van der Waals surface area contributed by atoms with Gasteiger partial charge in [-0.15, -0.1) is 0 Å². The fourth-order valence-corrected chi connectivity index (χ4v) is 10.3. The van der Waals surface area contributed by atoms with Crippen molar-refractivity contribution in [2.24, 2.45) is 11.3 Å². The fraction of sp³-hybridized carbons (Fsp3) is 0.609. The van der Waals surface area contributed by atoms with Crippen LogP contribution in [0.3, 0.4) is 0 Å². The van der Waals surface area contributed by atoms with E-state index in [-0.39, 0.29) is 38.2 Å². The number of hydrogen-bond donors (Lipinski definition) is 4. The number of carbonyl (C=O) groups excluding carboxylic acids is 4. The zero-order valence-electron chi connectivity index (χ0n) is 38.0. The maximum absolute atomic E-state index is 15.0. The first-order valence-electron chi connectivity index (χ1n) is 22.5. The fourth-order valence-electron chi connectivity index (χ4n) is 8.96. The number of ether oxygens (including phenoxy) is 2. The molecule has 65 heavy (non-hydrogen) atoms. The number of halogens is 3. The van der Waals surface area contributed by atoms with E-state index in [0.29, 0.717) is 31.4 Å². The van der Waals surface area contributed by atoms with Gasteiger partial charge in [0.15, 0.2) is 0 Å². The summed E-state index contributed by atoms with van der Waals surface area (Å²) in [5.74, 6) is -7.16. The first-order chi connectivity index (χ1) is 30.6. The van der Waals surface area contributed by atoms with E-state index in [0.717, 1.165) is 74.4 Å². The minimum Gasteiger partial charge on any atom is -0.444 e. The van der Waals surface area contributed by atoms with Crippen LogP contribution in [0.4, 0.5) is 29.3 Å². The number of nitrogens with one attached hydrogen (secondary N) is 4. The highest BCUT2D eigenvalue weighted by Crippen LogP contribution is 2.48. The summed E-state index contributed by atoms with van der Waals surface area (Å²) in [4.78, 5) is 62.1. The molecule has 5 aliphatic rings. The van der Waals surface area contributed by atoms with E-state index >= 15 is 0 Å². The third-order valence-corrected chi connectivity index (χ3v) is 15.6. The normalized spacial score (nSPS) is 24.6. The standard InChI is InChI=1S/C46H62F3N7O8S/c1-7-11-46(48,49)32-21-33(47)23-35(22-32)51-38(43(3,4)5)40(58)56-28-36(24-37(56)39(57)52-45(25-31(45)8-2)41(59)53-65(61,62)44(6)12-13-44)64-42(60)55-26-29-9-10-34(20-30(29)27-55)50-14-15-54-16-18-63-19-17-54/h7,9-11,20-23,31,36-38,50-51H,8,12-19,24-28H2,1-6H3,(H,52,57)(H,53,59). The van der Waals surface area contributed by atoms with Crippen LogP contribution in [0.5, 0.6) is 0 Å². The molecule has 0 radical (unpaired) electrons. The average Bonchev–Trinajstić information content (AvgIpc) is 4.06. The molecule has 2 aromatic carbocycles. The van der Waals surface area contributed by atoms with Gasteiger partial charge in [0, 0.05) is 62.6 Å². The molecule has 2 saturated heterocycles. The summed E-state index contributed by atoms with van der Waals surface area (Å²) in [6.45, 7) is 15.0. The summed E-state index contributed by atoms with van der Waals surface area (Å²) in [5, 5.41) is 9.22. The predicted octanol–water partition coefficient (Wildman–Crippen LogP) is 5.47. The highest BCUT2D eigenvalue weighted by molar-refractivity contribution is 7.91. The van der Waals surface area contributed by atoms with E-state index in [2.05, 4.69) is 25.6 Å². The van der Waals surface area contributed by atoms with E-state index in [1.165, 1.54) is 16.7 Å². The van der Waals surface area contributed by atoms with Crippen molar-refractivity contribution in [3.63, 3.8) is 0 Å². The Bertz CT molecular complexity index is 2300. The molecule has 15 nitrogen and oxygen atoms in total. The summed E-state index contributed by atoms with van der Waals surface area (Å²) in [6.07, 6.45) is 1.35. The molecule has 7 rings (SSSR count). The number of hydrogen-bond acceptors (Lipinski definition) is 11. The Labute approximate surface area is 379 Å². The Balaban J connectivity index is 1.10. The molecule has 4 N–H and O–H groups in total. The minimum atomic E-state index is -4.05. The number of anilines is 2. The number of sulfonamides is 1. The summed E-state index contributed by atoms with van der Waals surface area (Å²) in [5.41, 5.74) is -0.460. The van der Waals surface area contributed by atoms with Gasteiger partial charge in [-0.3, -0.25) is 28.9 Å². The average molecular weight is 930 g/mol. The van der Waals surface area contributed by atoms with Crippen LogP contribution < -0.4 is 20.7 Å². The number of carbonyl (C=O) groups is 4. The molecule has 0 aromatic heterocycles. The van der Waals surface area contributed by atoms with Crippen molar-refractivity contribution in [2.45, 2.75) is 121 Å². The van der Waals surface area contributed by atoms with E-state index in [1.54, 1.807) is 27.7 Å². The molecular formula is C46H62F3N7O8S. The van der Waals surface area contributed by atoms with E-state index in [4.69, 9.17) is 9.47 Å². The van der Waals surface area contributed by atoms with Crippen LogP contribution in [0.15, 0.2) is 48.6 Å². The van der Waals surface area contributed by atoms with E-state index in [1.807, 2.05) is 25.1 Å². The second-order valence-corrected chi connectivity index (χ2v) is 21.6. The quantitative estimate of drug-likeness (QED) is 0.157. The van der Waals surface area contributed by atoms with Crippen LogP contribution in [0, 0.1) is 17.2 Å². The number of fused-ring (bicyclic) bond motifs is 1. The number of allylic oxidation sites excluding steroid dienone is 2. The van der Waals surface area contributed by atoms with Crippen molar-refractivity contribution in [3.05, 3.63) is 71.1 Å². The van der Waals surface area contributed by atoms with Crippen molar-refractivity contribution in [3.8, 4) is 0 Å². The van der Waals surface area contributed by atoms with Crippen LogP contribution in [0.1, 0.15) is 90.3 Å². The molecule has 4 fully saturated rings. The number of amides is 4. The molecule has 2 saturated carbocycles. The van der Waals surface area contributed by atoms with Gasteiger partial charge in [-0.1, -0.05) is 46.3 Å². The second kappa shape index (κ2) is 18.4. The summed E-state index contributed by atoms with van der Waals surface area (Å²) < 4.78 is 83.7. The van der Waals surface area contributed by atoms with Crippen LogP contribution >= 0.6 is 0 Å². The molecule has 3 heterocycles. The Hall–Kier alpha value is -4.88. The van der Waals surface area contributed by atoms with Crippen molar-refractivity contribution in [2.75, 3.05) is 56.6 Å². The van der Waals surface area contributed by atoms with E-state index < -0.39 is 90.9 Å². The van der Waals surface area contributed by atoms with Gasteiger partial charge in [-0.25, -0.2) is 17.6 Å². The van der Waals surface area contributed by atoms with E-state index in [9.17, 15) is 40.8 Å². The number of morpholine rings is 1. The van der Waals surface area contributed by atoms with Gasteiger partial charge in [0.1, 0.15) is 29.5 Å². The lowest BCUT2D eigenvalue weighted by atomic mass is 9.85. The lowest BCUT2D eigenvalue weighted by Crippen LogP contribution is -2.59. The largest absolute Gasteiger partial charge is 0.444 e. The number of benzene rings is 2. The first kappa shape index (κ1) is 48.1. The molecular weight excluding hydrogens is 868 g/mol. The zero-order valence-corrected chi connectivity index (χ0v) is 38.8. The highest BCUT2D eigenvalue weighted by Gasteiger charge is 2.63. The van der Waals surface area contributed by atoms with Crippen LogP contribution in [0.2, 0.25) is 0 Å². The molecule has 5 atom stereocenters. The Morgan fingerprint density at radius 1 is 1.02 bits per heavy atom. The Morgan fingerprint density at radius 2 is 1.72 bits per heavy atom. The summed E-state index contributed by atoms with van der Waals surface area (Å²) in [7, 11) is -4.05. The maximum atomic E-state index is 15.0. The molecule has 0 bridgehead atoms. The van der Waals surface area contributed by atoms with Crippen LogP contribution in [-0.2, 0) is 52.9 Å². The minimum absolute atomic E-state index is 0.102. The SMILES string of the molecule is CC=CC(F)(F)c1cc(F)cc(NC(C(=O)N2CC(OC(=O)N3Cc4ccc(NCCN5CCOCC5)cc4C3)CC2C(=O)NC2(C(=O)NS(=O)(=O)C3(C)CC3)CC2CC)C(C)(C)C)c1. The molecule has 5 unspecified atom stereocenters. The molecule has 2 aromatic rings. The predicted molar refractivity (Wildman–Crippen MR) is 238 cm³/mol. The maximum Gasteiger partial charge on any atom is 0.410 e. The van der Waals surface area contributed by atoms with Crippen molar-refractivity contribution in [1.82, 2.24) is 24.7 Å². The Morgan fingerprint density at radius 3 is 2.37 bits per heavy atom. The smallest absolute Gasteiger partial charge is 0.410 e. The monoisotopic (exact) mass is 929 g/mol. The van der Waals surface area contributed by atoms with Gasteiger partial charge in [0.2, 0.25) is 21.8 Å². The molecule has 2 aliphatic carbocycles. The first-order valence-corrected chi connectivity index (χ1v) is 24.0. The number of nitrogens with zero attached hydrogens (tertiary/aromatic N) is 3. The third-order valence-electron chi connectivity index (χ3n) is 13.4. The highest BCUT2D eigenvalue weighted by atomic mass is 32.2. The van der Waals surface area contributed by atoms with Crippen LogP contribution in [0.25, 0.3) is 0 Å². The van der Waals surface area contributed by atoms with Crippen molar-refractivity contribution >= 4 is 45.2 Å². The lowest BCUT2D eigenvalue weighted by Gasteiger charge is -2.36. The molecule has 3 aliphatic heterocycles. The van der Waals surface area contributed by atoms with Gasteiger partial charge < -0.3 is 30.3 Å². The molecule has 4 amide bonds. The van der Waals surface area contributed by atoms with Crippen LogP contribution in [-0.4, -0.2) is 121 Å². The molecule has 19 heteroatoms. The number of likely N-dealkylation sites (tertiary alicyclic amines) is 1. The van der Waals surface area contributed by atoms with Gasteiger partial charge in [0.25, 0.3) is 11.8 Å². The number of alkyl halides is 2. The zero-order chi connectivity index (χ0) is 47.1. The molecule has 0 spiro atoms. The lowest BCUT2D eigenvalue weighted by molar-refractivity contribution is -0.141. The second-order valence-electron chi connectivity index (χ2n) is 19.4.